The first-order valence-corrected chi connectivity index (χ1v) is 11.9. The standard InChI is InChI=1S/C25H33N5O2/c1-16-5-17(2)30(29-16)22-4-3-18(13-26-22)14-27-24(32)15-28-23(31)12-25-9-19-6-20(10-25)8-21(7-19)11-25/h3-5,13,19-21H,6-12,14-15H2,1-2H3,(H,27,32)(H,28,31). The van der Waals surface area contributed by atoms with Crippen molar-refractivity contribution in [3.63, 3.8) is 0 Å². The van der Waals surface area contributed by atoms with Gasteiger partial charge in [-0.2, -0.15) is 5.10 Å². The minimum atomic E-state index is -0.175. The molecular formula is C25H33N5O2. The highest BCUT2D eigenvalue weighted by molar-refractivity contribution is 5.84. The van der Waals surface area contributed by atoms with E-state index in [9.17, 15) is 9.59 Å². The molecule has 0 spiro atoms. The lowest BCUT2D eigenvalue weighted by atomic mass is 9.49. The number of nitrogens with one attached hydrogen (secondary N) is 2. The Morgan fingerprint density at radius 1 is 1.03 bits per heavy atom. The second kappa shape index (κ2) is 8.34. The summed E-state index contributed by atoms with van der Waals surface area (Å²) < 4.78 is 1.80. The zero-order valence-corrected chi connectivity index (χ0v) is 19.1. The van der Waals surface area contributed by atoms with Crippen molar-refractivity contribution < 1.29 is 9.59 Å². The maximum absolute atomic E-state index is 12.6. The van der Waals surface area contributed by atoms with E-state index in [0.29, 0.717) is 13.0 Å². The highest BCUT2D eigenvalue weighted by Gasteiger charge is 2.51. The molecule has 0 atom stereocenters. The Bertz CT molecular complexity index is 975. The SMILES string of the molecule is Cc1cc(C)n(-c2ccc(CNC(=O)CNC(=O)CC34CC5CC(CC(C5)C3)C4)cn2)n1. The van der Waals surface area contributed by atoms with E-state index in [1.165, 1.54) is 38.5 Å². The van der Waals surface area contributed by atoms with Crippen LogP contribution in [0.1, 0.15) is 61.9 Å². The van der Waals surface area contributed by atoms with Crippen molar-refractivity contribution in [2.24, 2.45) is 23.2 Å². The van der Waals surface area contributed by atoms with Crippen LogP contribution in [0.3, 0.4) is 0 Å². The number of carbonyl (C=O) groups excluding carboxylic acids is 2. The fraction of sp³-hybridized carbons (Fsp3) is 0.600. The smallest absolute Gasteiger partial charge is 0.239 e. The minimum absolute atomic E-state index is 0.0259. The second-order valence-corrected chi connectivity index (χ2v) is 10.5. The van der Waals surface area contributed by atoms with Crippen LogP contribution < -0.4 is 10.6 Å². The summed E-state index contributed by atoms with van der Waals surface area (Å²) in [5.74, 6) is 3.10. The number of aryl methyl sites for hydroxylation is 2. The van der Waals surface area contributed by atoms with Crippen molar-refractivity contribution >= 4 is 11.8 Å². The number of hydrogen-bond acceptors (Lipinski definition) is 4. The van der Waals surface area contributed by atoms with Crippen LogP contribution in [0.2, 0.25) is 0 Å². The molecule has 2 aromatic rings. The van der Waals surface area contributed by atoms with Gasteiger partial charge in [-0.3, -0.25) is 9.59 Å². The van der Waals surface area contributed by atoms with E-state index in [1.807, 2.05) is 32.0 Å². The summed E-state index contributed by atoms with van der Waals surface area (Å²) in [6.45, 7) is 4.36. The summed E-state index contributed by atoms with van der Waals surface area (Å²) in [7, 11) is 0. The molecule has 0 radical (unpaired) electrons. The molecule has 4 fully saturated rings. The van der Waals surface area contributed by atoms with Crippen LogP contribution in [-0.4, -0.2) is 33.1 Å². The van der Waals surface area contributed by atoms with Gasteiger partial charge in [0.2, 0.25) is 11.8 Å². The Balaban J connectivity index is 1.07. The Hall–Kier alpha value is -2.70. The van der Waals surface area contributed by atoms with Crippen molar-refractivity contribution in [2.75, 3.05) is 6.54 Å². The van der Waals surface area contributed by atoms with Gasteiger partial charge in [0.1, 0.15) is 0 Å². The average Bonchev–Trinajstić information content (AvgIpc) is 3.07. The third-order valence-electron chi connectivity index (χ3n) is 7.67. The zero-order valence-electron chi connectivity index (χ0n) is 19.1. The lowest BCUT2D eigenvalue weighted by Crippen LogP contribution is -2.48. The van der Waals surface area contributed by atoms with Crippen molar-refractivity contribution in [1.82, 2.24) is 25.4 Å². The van der Waals surface area contributed by atoms with Crippen LogP contribution in [0.4, 0.5) is 0 Å². The maximum atomic E-state index is 12.6. The largest absolute Gasteiger partial charge is 0.350 e. The molecule has 2 amide bonds. The normalized spacial score (nSPS) is 28.0. The maximum Gasteiger partial charge on any atom is 0.239 e. The second-order valence-electron chi connectivity index (χ2n) is 10.5. The number of nitrogens with zero attached hydrogens (tertiary/aromatic N) is 3. The first-order valence-electron chi connectivity index (χ1n) is 11.9. The van der Waals surface area contributed by atoms with Gasteiger partial charge in [0.15, 0.2) is 5.82 Å². The van der Waals surface area contributed by atoms with Gasteiger partial charge in [0.25, 0.3) is 0 Å². The molecule has 7 nitrogen and oxygen atoms in total. The number of pyridine rings is 1. The Morgan fingerprint density at radius 2 is 1.72 bits per heavy atom. The molecule has 0 saturated heterocycles. The van der Waals surface area contributed by atoms with Crippen molar-refractivity contribution in [1.29, 1.82) is 0 Å². The van der Waals surface area contributed by atoms with Gasteiger partial charge in [-0.25, -0.2) is 9.67 Å². The average molecular weight is 436 g/mol. The van der Waals surface area contributed by atoms with E-state index >= 15 is 0 Å². The third-order valence-corrected chi connectivity index (χ3v) is 7.67. The lowest BCUT2D eigenvalue weighted by Gasteiger charge is -2.56. The number of amides is 2. The van der Waals surface area contributed by atoms with Gasteiger partial charge in [0.05, 0.1) is 12.2 Å². The van der Waals surface area contributed by atoms with Crippen molar-refractivity contribution in [3.05, 3.63) is 41.3 Å². The monoisotopic (exact) mass is 435 g/mol. The van der Waals surface area contributed by atoms with Gasteiger partial charge in [-0.15, -0.1) is 0 Å². The number of aromatic nitrogens is 3. The summed E-state index contributed by atoms with van der Waals surface area (Å²) in [5, 5.41) is 10.2. The molecule has 2 N–H and O–H groups in total. The van der Waals surface area contributed by atoms with Crippen LogP contribution in [0.25, 0.3) is 5.82 Å². The van der Waals surface area contributed by atoms with Crippen LogP contribution in [0.15, 0.2) is 24.4 Å². The molecule has 2 aromatic heterocycles. The molecule has 0 unspecified atom stereocenters. The van der Waals surface area contributed by atoms with E-state index < -0.39 is 0 Å². The molecule has 0 aliphatic heterocycles. The summed E-state index contributed by atoms with van der Waals surface area (Å²) in [6, 6.07) is 5.84. The highest BCUT2D eigenvalue weighted by Crippen LogP contribution is 2.61. The molecule has 0 aromatic carbocycles. The van der Waals surface area contributed by atoms with Gasteiger partial charge in [0, 0.05) is 24.9 Å². The Kier molecular flexibility index (Phi) is 5.51. The first-order chi connectivity index (χ1) is 15.4. The number of rotatable bonds is 7. The first kappa shape index (κ1) is 21.2. The topological polar surface area (TPSA) is 88.9 Å². The van der Waals surface area contributed by atoms with E-state index in [2.05, 4.69) is 20.7 Å². The minimum Gasteiger partial charge on any atom is -0.350 e. The van der Waals surface area contributed by atoms with Gasteiger partial charge in [-0.1, -0.05) is 6.07 Å². The molecule has 32 heavy (non-hydrogen) atoms. The predicted molar refractivity (Wildman–Crippen MR) is 121 cm³/mol. The number of hydrogen-bond donors (Lipinski definition) is 2. The van der Waals surface area contributed by atoms with Crippen LogP contribution in [0.5, 0.6) is 0 Å². The molecule has 7 heteroatoms. The highest BCUT2D eigenvalue weighted by atomic mass is 16.2. The lowest BCUT2D eigenvalue weighted by molar-refractivity contribution is -0.131. The molecule has 2 heterocycles. The van der Waals surface area contributed by atoms with Crippen LogP contribution in [0, 0.1) is 37.0 Å². The fourth-order valence-electron chi connectivity index (χ4n) is 6.86. The summed E-state index contributed by atoms with van der Waals surface area (Å²) >= 11 is 0. The molecule has 4 bridgehead atoms. The molecule has 4 aliphatic carbocycles. The molecular weight excluding hydrogens is 402 g/mol. The predicted octanol–water partition coefficient (Wildman–Crippen LogP) is 3.22. The summed E-state index contributed by atoms with van der Waals surface area (Å²) in [6.07, 6.45) is 10.1. The third kappa shape index (κ3) is 4.43. The van der Waals surface area contributed by atoms with Gasteiger partial charge in [-0.05, 0) is 93.2 Å². The van der Waals surface area contributed by atoms with E-state index in [0.717, 1.165) is 40.5 Å². The van der Waals surface area contributed by atoms with Gasteiger partial charge >= 0.3 is 0 Å². The zero-order chi connectivity index (χ0) is 22.3. The summed E-state index contributed by atoms with van der Waals surface area (Å²) in [4.78, 5) is 29.3. The quantitative estimate of drug-likeness (QED) is 0.699. The van der Waals surface area contributed by atoms with Crippen molar-refractivity contribution in [2.45, 2.75) is 65.3 Å². The fourth-order valence-corrected chi connectivity index (χ4v) is 6.86. The Morgan fingerprint density at radius 3 is 2.28 bits per heavy atom. The van der Waals surface area contributed by atoms with Crippen LogP contribution in [-0.2, 0) is 16.1 Å². The molecule has 170 valence electrons. The molecule has 4 aliphatic rings. The Labute approximate surface area is 189 Å². The van der Waals surface area contributed by atoms with Gasteiger partial charge < -0.3 is 10.6 Å². The molecule has 4 saturated carbocycles. The number of carbonyl (C=O) groups is 2. The van der Waals surface area contributed by atoms with E-state index in [-0.39, 0.29) is 23.8 Å². The van der Waals surface area contributed by atoms with Crippen molar-refractivity contribution in [3.8, 4) is 5.82 Å². The summed E-state index contributed by atoms with van der Waals surface area (Å²) in [5.41, 5.74) is 3.09. The molecule has 6 rings (SSSR count). The van der Waals surface area contributed by atoms with E-state index in [4.69, 9.17) is 0 Å². The van der Waals surface area contributed by atoms with E-state index in [1.54, 1.807) is 10.9 Å². The van der Waals surface area contributed by atoms with Crippen LogP contribution >= 0.6 is 0 Å².